The van der Waals surface area contributed by atoms with Gasteiger partial charge >= 0.3 is 5.97 Å². The van der Waals surface area contributed by atoms with Gasteiger partial charge in [0.05, 0.1) is 27.6 Å². The SMILES string of the molecule is C[C@H](O)[C@@H](NS(=O)(=O)c1ccc(Cl)c(Cl)c1)C(=O)OCC(=O)N(C)Cc1cccs1. The Kier molecular flexibility index (Phi) is 8.65. The lowest BCUT2D eigenvalue weighted by atomic mass is 10.2. The predicted molar refractivity (Wildman–Crippen MR) is 114 cm³/mol. The monoisotopic (exact) mass is 494 g/mol. The number of benzene rings is 1. The fourth-order valence-electron chi connectivity index (χ4n) is 2.28. The molecule has 164 valence electrons. The molecule has 1 aromatic heterocycles. The summed E-state index contributed by atoms with van der Waals surface area (Å²) in [5, 5.41) is 11.9. The van der Waals surface area contributed by atoms with E-state index in [1.807, 2.05) is 17.5 Å². The Morgan fingerprint density at radius 3 is 2.53 bits per heavy atom. The first-order valence-corrected chi connectivity index (χ1v) is 11.7. The number of aliphatic hydroxyl groups is 1. The molecule has 1 amide bonds. The molecule has 0 radical (unpaired) electrons. The minimum Gasteiger partial charge on any atom is -0.454 e. The summed E-state index contributed by atoms with van der Waals surface area (Å²) in [5.41, 5.74) is 0. The Morgan fingerprint density at radius 2 is 1.97 bits per heavy atom. The molecule has 2 aromatic rings. The van der Waals surface area contributed by atoms with E-state index in [2.05, 4.69) is 4.72 Å². The van der Waals surface area contributed by atoms with Crippen LogP contribution in [-0.4, -0.2) is 56.1 Å². The van der Waals surface area contributed by atoms with Crippen LogP contribution in [0.5, 0.6) is 0 Å². The zero-order valence-corrected chi connectivity index (χ0v) is 19.2. The normalized spacial score (nSPS) is 13.5. The summed E-state index contributed by atoms with van der Waals surface area (Å²) >= 11 is 13.1. The summed E-state index contributed by atoms with van der Waals surface area (Å²) in [4.78, 5) is 26.6. The number of rotatable bonds is 9. The van der Waals surface area contributed by atoms with Gasteiger partial charge in [-0.05, 0) is 36.6 Å². The lowest BCUT2D eigenvalue weighted by molar-refractivity contribution is -0.155. The van der Waals surface area contributed by atoms with Gasteiger partial charge < -0.3 is 14.7 Å². The van der Waals surface area contributed by atoms with Crippen molar-refractivity contribution in [2.75, 3.05) is 13.7 Å². The van der Waals surface area contributed by atoms with E-state index in [-0.39, 0.29) is 14.9 Å². The summed E-state index contributed by atoms with van der Waals surface area (Å²) < 4.78 is 32.1. The molecule has 1 aromatic carbocycles. The van der Waals surface area contributed by atoms with Crippen molar-refractivity contribution < 1.29 is 27.9 Å². The molecule has 0 spiro atoms. The van der Waals surface area contributed by atoms with Gasteiger partial charge in [0, 0.05) is 11.9 Å². The molecule has 12 heteroatoms. The third-order valence-electron chi connectivity index (χ3n) is 3.96. The molecule has 0 fully saturated rings. The molecule has 2 rings (SSSR count). The lowest BCUT2D eigenvalue weighted by Crippen LogP contribution is -2.49. The van der Waals surface area contributed by atoms with Crippen LogP contribution in [0.3, 0.4) is 0 Å². The van der Waals surface area contributed by atoms with Crippen molar-refractivity contribution in [3.8, 4) is 0 Å². The highest BCUT2D eigenvalue weighted by Gasteiger charge is 2.31. The molecular formula is C18H20Cl2N2O6S2. The van der Waals surface area contributed by atoms with Crippen LogP contribution < -0.4 is 4.72 Å². The van der Waals surface area contributed by atoms with Crippen LogP contribution in [0.1, 0.15) is 11.8 Å². The third kappa shape index (κ3) is 6.66. The third-order valence-corrected chi connectivity index (χ3v) is 7.00. The van der Waals surface area contributed by atoms with Gasteiger partial charge in [-0.1, -0.05) is 29.3 Å². The molecule has 0 saturated heterocycles. The number of nitrogens with zero attached hydrogens (tertiary/aromatic N) is 1. The first-order valence-electron chi connectivity index (χ1n) is 8.59. The number of hydrogen-bond acceptors (Lipinski definition) is 7. The first kappa shape index (κ1) is 24.6. The van der Waals surface area contributed by atoms with Crippen molar-refractivity contribution in [1.29, 1.82) is 0 Å². The number of nitrogens with one attached hydrogen (secondary N) is 1. The van der Waals surface area contributed by atoms with Gasteiger partial charge in [-0.25, -0.2) is 8.42 Å². The molecule has 2 atom stereocenters. The van der Waals surface area contributed by atoms with E-state index in [4.69, 9.17) is 27.9 Å². The number of carbonyl (C=O) groups is 2. The van der Waals surface area contributed by atoms with Gasteiger partial charge in [0.2, 0.25) is 10.0 Å². The second kappa shape index (κ2) is 10.6. The van der Waals surface area contributed by atoms with Crippen molar-refractivity contribution in [1.82, 2.24) is 9.62 Å². The van der Waals surface area contributed by atoms with Crippen molar-refractivity contribution in [3.05, 3.63) is 50.6 Å². The zero-order valence-electron chi connectivity index (χ0n) is 16.0. The number of esters is 1. The number of likely N-dealkylation sites (N-methyl/N-ethyl adjacent to an activating group) is 1. The fraction of sp³-hybridized carbons (Fsp3) is 0.333. The Bertz CT molecular complexity index is 996. The van der Waals surface area contributed by atoms with E-state index in [1.165, 1.54) is 35.3 Å². The Morgan fingerprint density at radius 1 is 1.27 bits per heavy atom. The number of amides is 1. The quantitative estimate of drug-likeness (QED) is 0.517. The standard InChI is InChI=1S/C18H20Cl2N2O6S2/c1-11(23)17(21-30(26,27)13-5-6-14(19)15(20)8-13)18(25)28-10-16(24)22(2)9-12-4-3-7-29-12/h3-8,11,17,21,23H,9-10H2,1-2H3/t11-,17+/m0/s1. The van der Waals surface area contributed by atoms with Crippen LogP contribution in [0.15, 0.2) is 40.6 Å². The number of halogens is 2. The van der Waals surface area contributed by atoms with E-state index in [0.717, 1.165) is 10.9 Å². The van der Waals surface area contributed by atoms with E-state index in [0.29, 0.717) is 6.54 Å². The molecule has 1 heterocycles. The number of sulfonamides is 1. The molecule has 30 heavy (non-hydrogen) atoms. The summed E-state index contributed by atoms with van der Waals surface area (Å²) in [6.07, 6.45) is -1.42. The van der Waals surface area contributed by atoms with Gasteiger partial charge in [-0.3, -0.25) is 9.59 Å². The number of hydrogen-bond donors (Lipinski definition) is 2. The highest BCUT2D eigenvalue weighted by atomic mass is 35.5. The van der Waals surface area contributed by atoms with Crippen molar-refractivity contribution >= 4 is 56.4 Å². The van der Waals surface area contributed by atoms with Crippen LogP contribution >= 0.6 is 34.5 Å². The predicted octanol–water partition coefficient (Wildman–Crippen LogP) is 2.28. The fourth-order valence-corrected chi connectivity index (χ4v) is 4.68. The Balaban J connectivity index is 2.01. The maximum atomic E-state index is 12.5. The zero-order chi connectivity index (χ0) is 22.5. The highest BCUT2D eigenvalue weighted by Crippen LogP contribution is 2.25. The van der Waals surface area contributed by atoms with E-state index in [1.54, 1.807) is 7.05 Å². The molecule has 0 aliphatic heterocycles. The molecule has 0 bridgehead atoms. The number of thiophene rings is 1. The van der Waals surface area contributed by atoms with Gasteiger partial charge in [0.1, 0.15) is 6.04 Å². The Hall–Kier alpha value is -1.69. The van der Waals surface area contributed by atoms with E-state index >= 15 is 0 Å². The largest absolute Gasteiger partial charge is 0.454 e. The first-order chi connectivity index (χ1) is 14.0. The minimum absolute atomic E-state index is 0.00934. The molecule has 8 nitrogen and oxygen atoms in total. The molecule has 0 aliphatic rings. The summed E-state index contributed by atoms with van der Waals surface area (Å²) in [5.74, 6) is -1.57. The molecule has 0 unspecified atom stereocenters. The smallest absolute Gasteiger partial charge is 0.327 e. The van der Waals surface area contributed by atoms with Gasteiger partial charge in [-0.2, -0.15) is 4.72 Å². The average Bonchev–Trinajstić information content (AvgIpc) is 3.18. The van der Waals surface area contributed by atoms with Crippen LogP contribution in [0.25, 0.3) is 0 Å². The van der Waals surface area contributed by atoms with Gasteiger partial charge in [0.25, 0.3) is 5.91 Å². The van der Waals surface area contributed by atoms with Gasteiger partial charge in [-0.15, -0.1) is 11.3 Å². The number of ether oxygens (including phenoxy) is 1. The minimum atomic E-state index is -4.23. The van der Waals surface area contributed by atoms with Gasteiger partial charge in [0.15, 0.2) is 6.61 Å². The maximum Gasteiger partial charge on any atom is 0.327 e. The summed E-state index contributed by atoms with van der Waals surface area (Å²) in [6, 6.07) is 5.69. The topological polar surface area (TPSA) is 113 Å². The number of carbonyl (C=O) groups excluding carboxylic acids is 2. The maximum absolute atomic E-state index is 12.5. The van der Waals surface area contributed by atoms with Crippen molar-refractivity contribution in [2.45, 2.75) is 30.5 Å². The average molecular weight is 495 g/mol. The van der Waals surface area contributed by atoms with Crippen LogP contribution in [-0.2, 0) is 30.9 Å². The van der Waals surface area contributed by atoms with E-state index < -0.39 is 40.7 Å². The summed E-state index contributed by atoms with van der Waals surface area (Å²) in [6.45, 7) is 0.963. The van der Waals surface area contributed by atoms with Crippen LogP contribution in [0.2, 0.25) is 10.0 Å². The lowest BCUT2D eigenvalue weighted by Gasteiger charge is -2.21. The van der Waals surface area contributed by atoms with E-state index in [9.17, 15) is 23.1 Å². The second-order valence-electron chi connectivity index (χ2n) is 6.35. The molecular weight excluding hydrogens is 475 g/mol. The second-order valence-corrected chi connectivity index (χ2v) is 9.91. The molecule has 2 N–H and O–H groups in total. The molecule has 0 saturated carbocycles. The number of aliphatic hydroxyl groups excluding tert-OH is 1. The summed E-state index contributed by atoms with van der Waals surface area (Å²) in [7, 11) is -2.68. The molecule has 0 aliphatic carbocycles. The Labute approximate surface area is 188 Å². The highest BCUT2D eigenvalue weighted by molar-refractivity contribution is 7.89. The van der Waals surface area contributed by atoms with Crippen molar-refractivity contribution in [2.24, 2.45) is 0 Å². The van der Waals surface area contributed by atoms with Crippen molar-refractivity contribution in [3.63, 3.8) is 0 Å². The van der Waals surface area contributed by atoms with Crippen LogP contribution in [0, 0.1) is 0 Å². The van der Waals surface area contributed by atoms with Crippen LogP contribution in [0.4, 0.5) is 0 Å².